The Morgan fingerprint density at radius 3 is 2.29 bits per heavy atom. The lowest BCUT2D eigenvalue weighted by Gasteiger charge is -2.16. The van der Waals surface area contributed by atoms with Gasteiger partial charge in [-0.3, -0.25) is 4.98 Å². The van der Waals surface area contributed by atoms with Crippen LogP contribution < -0.4 is 4.74 Å². The first-order chi connectivity index (χ1) is 13.9. The molecule has 3 heteroatoms. The van der Waals surface area contributed by atoms with Crippen molar-refractivity contribution in [3.63, 3.8) is 0 Å². The van der Waals surface area contributed by atoms with Crippen molar-refractivity contribution in [3.05, 3.63) is 107 Å². The zero-order valence-electron chi connectivity index (χ0n) is 15.3. The number of fused-ring (bicyclic) bond motifs is 3. The van der Waals surface area contributed by atoms with Gasteiger partial charge in [0.05, 0.1) is 10.2 Å². The van der Waals surface area contributed by atoms with Crippen LogP contribution in [0.2, 0.25) is 0 Å². The average molecular weight is 382 g/mol. The van der Waals surface area contributed by atoms with Gasteiger partial charge in [-0.05, 0) is 28.6 Å². The van der Waals surface area contributed by atoms with Crippen LogP contribution in [0.4, 0.5) is 0 Å². The lowest BCUT2D eigenvalue weighted by molar-refractivity contribution is 0.308. The highest BCUT2D eigenvalue weighted by atomic mass is 32.1. The molecule has 2 aromatic heterocycles. The highest BCUT2D eigenvalue weighted by molar-refractivity contribution is 7.17. The molecular weight excluding hydrogens is 362 g/mol. The van der Waals surface area contributed by atoms with E-state index in [0.29, 0.717) is 6.61 Å². The highest BCUT2D eigenvalue weighted by Gasteiger charge is 2.18. The molecule has 28 heavy (non-hydrogen) atoms. The largest absolute Gasteiger partial charge is 0.487 e. The van der Waals surface area contributed by atoms with Crippen molar-refractivity contribution in [2.24, 2.45) is 0 Å². The molecule has 5 rings (SSSR count). The second kappa shape index (κ2) is 7.45. The topological polar surface area (TPSA) is 22.1 Å². The van der Waals surface area contributed by atoms with Crippen LogP contribution in [-0.2, 0) is 13.0 Å². The predicted molar refractivity (Wildman–Crippen MR) is 117 cm³/mol. The maximum absolute atomic E-state index is 6.45. The second-order valence-corrected chi connectivity index (χ2v) is 7.72. The van der Waals surface area contributed by atoms with E-state index in [1.807, 2.05) is 30.5 Å². The number of rotatable bonds is 5. The molecule has 0 bridgehead atoms. The van der Waals surface area contributed by atoms with Crippen molar-refractivity contribution in [2.75, 3.05) is 0 Å². The highest BCUT2D eigenvalue weighted by Crippen LogP contribution is 2.41. The van der Waals surface area contributed by atoms with Crippen LogP contribution in [0.1, 0.15) is 16.7 Å². The number of ether oxygens (including phenoxy) is 1. The summed E-state index contributed by atoms with van der Waals surface area (Å²) in [5.74, 6) is 0.962. The van der Waals surface area contributed by atoms with Crippen molar-refractivity contribution in [1.82, 2.24) is 4.98 Å². The van der Waals surface area contributed by atoms with E-state index in [0.717, 1.165) is 23.3 Å². The number of aromatic nitrogens is 1. The van der Waals surface area contributed by atoms with Gasteiger partial charge >= 0.3 is 0 Å². The van der Waals surface area contributed by atoms with Crippen molar-refractivity contribution >= 4 is 32.3 Å². The molecule has 0 aliphatic carbocycles. The van der Waals surface area contributed by atoms with Crippen LogP contribution in [-0.4, -0.2) is 4.98 Å². The first-order valence-electron chi connectivity index (χ1n) is 9.37. The Hall–Kier alpha value is -3.17. The molecule has 0 fully saturated rings. The summed E-state index contributed by atoms with van der Waals surface area (Å²) in [6.45, 7) is 0.550. The Morgan fingerprint density at radius 1 is 0.750 bits per heavy atom. The minimum atomic E-state index is 0.550. The molecule has 2 heterocycles. The summed E-state index contributed by atoms with van der Waals surface area (Å²) >= 11 is 1.74. The summed E-state index contributed by atoms with van der Waals surface area (Å²) < 4.78 is 7.64. The van der Waals surface area contributed by atoms with E-state index in [1.165, 1.54) is 26.6 Å². The molecule has 0 radical (unpaired) electrons. The molecular formula is C25H19NOS. The first-order valence-corrected chi connectivity index (χ1v) is 10.3. The van der Waals surface area contributed by atoms with Crippen molar-refractivity contribution in [1.29, 1.82) is 0 Å². The lowest BCUT2D eigenvalue weighted by atomic mass is 9.98. The second-order valence-electron chi connectivity index (χ2n) is 6.81. The fraction of sp³-hybridized carbons (Fsp3) is 0.0800. The Bertz CT molecular complexity index is 1230. The van der Waals surface area contributed by atoms with E-state index in [1.54, 1.807) is 11.3 Å². The number of hydrogen-bond donors (Lipinski definition) is 0. The Morgan fingerprint density at radius 2 is 1.50 bits per heavy atom. The Labute approximate surface area is 168 Å². The van der Waals surface area contributed by atoms with Gasteiger partial charge < -0.3 is 4.74 Å². The number of pyridine rings is 1. The van der Waals surface area contributed by atoms with E-state index < -0.39 is 0 Å². The molecule has 0 spiro atoms. The molecule has 0 N–H and O–H groups in total. The monoisotopic (exact) mass is 381 g/mol. The van der Waals surface area contributed by atoms with Gasteiger partial charge in [0.25, 0.3) is 0 Å². The average Bonchev–Trinajstić information content (AvgIpc) is 3.25. The molecule has 5 aromatic rings. The van der Waals surface area contributed by atoms with Crippen LogP contribution >= 0.6 is 11.3 Å². The van der Waals surface area contributed by atoms with E-state index in [2.05, 4.69) is 60.0 Å². The fourth-order valence-corrected chi connectivity index (χ4v) is 4.59. The normalized spacial score (nSPS) is 11.1. The van der Waals surface area contributed by atoms with Gasteiger partial charge in [0, 0.05) is 29.0 Å². The van der Waals surface area contributed by atoms with Gasteiger partial charge in [-0.15, -0.1) is 11.3 Å². The molecule has 0 aliphatic heterocycles. The van der Waals surface area contributed by atoms with Crippen molar-refractivity contribution < 1.29 is 4.74 Å². The molecule has 0 unspecified atom stereocenters. The van der Waals surface area contributed by atoms with Crippen LogP contribution in [0.15, 0.2) is 90.4 Å². The smallest absolute Gasteiger partial charge is 0.143 e. The third-order valence-electron chi connectivity index (χ3n) is 4.98. The summed E-state index contributed by atoms with van der Waals surface area (Å²) in [5, 5.41) is 4.54. The quantitative estimate of drug-likeness (QED) is 0.341. The summed E-state index contributed by atoms with van der Waals surface area (Å²) in [6.07, 6.45) is 2.67. The summed E-state index contributed by atoms with van der Waals surface area (Å²) in [6, 6.07) is 27.2. The van der Waals surface area contributed by atoms with Crippen LogP contribution in [0.3, 0.4) is 0 Å². The summed E-state index contributed by atoms with van der Waals surface area (Å²) in [4.78, 5) is 4.75. The van der Waals surface area contributed by atoms with Gasteiger partial charge in [-0.1, -0.05) is 66.7 Å². The van der Waals surface area contributed by atoms with Crippen LogP contribution in [0, 0.1) is 0 Å². The van der Waals surface area contributed by atoms with E-state index >= 15 is 0 Å². The third-order valence-corrected chi connectivity index (χ3v) is 5.89. The third kappa shape index (κ3) is 3.14. The number of thiophene rings is 1. The maximum Gasteiger partial charge on any atom is 0.143 e. The minimum Gasteiger partial charge on any atom is -0.487 e. The van der Waals surface area contributed by atoms with Crippen molar-refractivity contribution in [3.8, 4) is 5.75 Å². The molecule has 0 saturated carbocycles. The lowest BCUT2D eigenvalue weighted by Crippen LogP contribution is -2.01. The minimum absolute atomic E-state index is 0.550. The van der Waals surface area contributed by atoms with Gasteiger partial charge in [0.2, 0.25) is 0 Å². The Balaban J connectivity index is 1.68. The molecule has 0 atom stereocenters. The van der Waals surface area contributed by atoms with E-state index in [-0.39, 0.29) is 0 Å². The summed E-state index contributed by atoms with van der Waals surface area (Å²) in [7, 11) is 0. The van der Waals surface area contributed by atoms with Crippen molar-refractivity contribution in [2.45, 2.75) is 13.0 Å². The van der Waals surface area contributed by atoms with Crippen LogP contribution in [0.5, 0.6) is 5.75 Å². The predicted octanol–water partition coefficient (Wildman–Crippen LogP) is 6.62. The maximum atomic E-state index is 6.45. The van der Waals surface area contributed by atoms with Gasteiger partial charge in [0.1, 0.15) is 12.4 Å². The Kier molecular flexibility index (Phi) is 4.51. The zero-order valence-corrected chi connectivity index (χ0v) is 16.2. The summed E-state index contributed by atoms with van der Waals surface area (Å²) in [5.41, 5.74) is 4.61. The number of benzene rings is 3. The SMILES string of the molecule is c1ccc(COc2c(Cc3ccccc3)c3ncccc3c3ccsc23)cc1. The first kappa shape index (κ1) is 17.0. The van der Waals surface area contributed by atoms with Crippen LogP contribution in [0.25, 0.3) is 21.0 Å². The zero-order chi connectivity index (χ0) is 18.8. The molecule has 0 amide bonds. The van der Waals surface area contributed by atoms with Gasteiger partial charge in [-0.2, -0.15) is 0 Å². The number of nitrogens with zero attached hydrogens (tertiary/aromatic N) is 1. The number of hydrogen-bond acceptors (Lipinski definition) is 3. The van der Waals surface area contributed by atoms with Gasteiger partial charge in [-0.25, -0.2) is 0 Å². The standard InChI is InChI=1S/C25H19NOS/c1-3-8-18(9-4-1)16-22-23-20(12-7-14-26-23)21-13-15-28-25(21)24(22)27-17-19-10-5-2-6-11-19/h1-15H,16-17H2. The van der Waals surface area contributed by atoms with E-state index in [9.17, 15) is 0 Å². The van der Waals surface area contributed by atoms with E-state index in [4.69, 9.17) is 9.72 Å². The molecule has 3 aromatic carbocycles. The molecule has 0 saturated heterocycles. The molecule has 2 nitrogen and oxygen atoms in total. The molecule has 0 aliphatic rings. The fourth-order valence-electron chi connectivity index (χ4n) is 3.65. The van der Waals surface area contributed by atoms with Gasteiger partial charge in [0.15, 0.2) is 0 Å². The molecule has 136 valence electrons.